The molecule has 0 saturated carbocycles. The number of nitrogens with zero attached hydrogens (tertiary/aromatic N) is 5. The molecule has 0 bridgehead atoms. The van der Waals surface area contributed by atoms with E-state index in [1.165, 1.54) is 15.6 Å². The van der Waals surface area contributed by atoms with Crippen LogP contribution in [0.1, 0.15) is 18.9 Å². The molecule has 3 aromatic rings. The van der Waals surface area contributed by atoms with Crippen molar-refractivity contribution in [3.05, 3.63) is 76.6 Å². The lowest BCUT2D eigenvalue weighted by molar-refractivity contribution is -0.133. The third-order valence-electron chi connectivity index (χ3n) is 6.60. The fourth-order valence-corrected chi connectivity index (χ4v) is 4.59. The van der Waals surface area contributed by atoms with Gasteiger partial charge in [-0.3, -0.25) is 19.3 Å². The van der Waals surface area contributed by atoms with Gasteiger partial charge in [-0.15, -0.1) is 5.10 Å². The monoisotopic (exact) mass is 487 g/mol. The summed E-state index contributed by atoms with van der Waals surface area (Å²) in [5.41, 5.74) is 2.24. The fraction of sp³-hybridized carbons (Fsp3) is 0.333. The van der Waals surface area contributed by atoms with Gasteiger partial charge in [-0.25, -0.2) is 0 Å². The van der Waals surface area contributed by atoms with E-state index in [0.29, 0.717) is 49.1 Å². The first-order chi connectivity index (χ1) is 17.4. The quantitative estimate of drug-likeness (QED) is 0.562. The number of rotatable bonds is 4. The molecule has 2 aliphatic heterocycles. The molecular weight excluding hydrogens is 458 g/mol. The van der Waals surface area contributed by atoms with Crippen molar-refractivity contribution in [1.29, 1.82) is 0 Å². The molecule has 1 saturated heterocycles. The third-order valence-corrected chi connectivity index (χ3v) is 6.60. The summed E-state index contributed by atoms with van der Waals surface area (Å²) in [6, 6.07) is 18.2. The van der Waals surface area contributed by atoms with Gasteiger partial charge in [0, 0.05) is 32.2 Å². The van der Waals surface area contributed by atoms with Crippen molar-refractivity contribution >= 4 is 23.3 Å². The number of aryl methyl sites for hydroxylation is 1. The van der Waals surface area contributed by atoms with Crippen molar-refractivity contribution in [1.82, 2.24) is 14.7 Å². The molecule has 1 fully saturated rings. The highest BCUT2D eigenvalue weighted by atomic mass is 16.5. The van der Waals surface area contributed by atoms with Crippen molar-refractivity contribution in [2.24, 2.45) is 0 Å². The van der Waals surface area contributed by atoms with Crippen molar-refractivity contribution < 1.29 is 14.3 Å². The molecular formula is C27H29N5O4. The van der Waals surface area contributed by atoms with Gasteiger partial charge in [0.15, 0.2) is 6.10 Å². The van der Waals surface area contributed by atoms with Gasteiger partial charge in [-0.05, 0) is 50.6 Å². The third kappa shape index (κ3) is 4.68. The number of hydrogen-bond acceptors (Lipinski definition) is 6. The summed E-state index contributed by atoms with van der Waals surface area (Å²) in [6.45, 7) is 6.04. The van der Waals surface area contributed by atoms with Gasteiger partial charge in [0.25, 0.3) is 11.5 Å². The van der Waals surface area contributed by atoms with E-state index >= 15 is 0 Å². The predicted octanol–water partition coefficient (Wildman–Crippen LogP) is 2.39. The minimum absolute atomic E-state index is 0.0277. The van der Waals surface area contributed by atoms with Gasteiger partial charge >= 0.3 is 0 Å². The summed E-state index contributed by atoms with van der Waals surface area (Å²) >= 11 is 0. The van der Waals surface area contributed by atoms with Crippen LogP contribution in [-0.4, -0.2) is 65.3 Å². The van der Waals surface area contributed by atoms with Crippen LogP contribution in [0.25, 0.3) is 5.69 Å². The Balaban J connectivity index is 1.29. The number of benzene rings is 2. The van der Waals surface area contributed by atoms with E-state index in [1.54, 1.807) is 24.0 Å². The van der Waals surface area contributed by atoms with Crippen LogP contribution in [0.15, 0.2) is 65.5 Å². The van der Waals surface area contributed by atoms with E-state index in [0.717, 1.165) is 12.0 Å². The SMILES string of the molecule is Cc1ccc(-n2nc(N3CCCN(C(=O)CN4C(=O)[C@@H](C)Oc5ccccc54)CC3)ccc2=O)cc1. The van der Waals surface area contributed by atoms with Crippen LogP contribution >= 0.6 is 0 Å². The zero-order chi connectivity index (χ0) is 25.2. The molecule has 3 heterocycles. The number of hydrogen-bond donors (Lipinski definition) is 0. The maximum atomic E-state index is 13.2. The molecule has 186 valence electrons. The normalized spacial score (nSPS) is 17.9. The first kappa shape index (κ1) is 23.6. The second-order valence-corrected chi connectivity index (χ2v) is 9.15. The molecule has 0 radical (unpaired) electrons. The van der Waals surface area contributed by atoms with E-state index in [2.05, 4.69) is 10.00 Å². The van der Waals surface area contributed by atoms with Crippen LogP contribution < -0.4 is 20.1 Å². The molecule has 36 heavy (non-hydrogen) atoms. The van der Waals surface area contributed by atoms with Crippen molar-refractivity contribution in [2.75, 3.05) is 42.5 Å². The molecule has 2 aliphatic rings. The van der Waals surface area contributed by atoms with Crippen LogP contribution in [0.3, 0.4) is 0 Å². The molecule has 9 heteroatoms. The Morgan fingerprint density at radius 3 is 2.56 bits per heavy atom. The highest BCUT2D eigenvalue weighted by molar-refractivity contribution is 6.03. The number of anilines is 2. The van der Waals surface area contributed by atoms with Crippen molar-refractivity contribution in [3.63, 3.8) is 0 Å². The number of carbonyl (C=O) groups excluding carboxylic acids is 2. The number of fused-ring (bicyclic) bond motifs is 1. The summed E-state index contributed by atoms with van der Waals surface area (Å²) in [5, 5.41) is 4.60. The number of para-hydroxylation sites is 2. The van der Waals surface area contributed by atoms with Gasteiger partial charge in [-0.1, -0.05) is 29.8 Å². The van der Waals surface area contributed by atoms with Gasteiger partial charge in [-0.2, -0.15) is 4.68 Å². The molecule has 5 rings (SSSR count). The molecule has 2 amide bonds. The predicted molar refractivity (Wildman–Crippen MR) is 137 cm³/mol. The Hall–Kier alpha value is -4.14. The maximum Gasteiger partial charge on any atom is 0.271 e. The Bertz CT molecular complexity index is 1340. The first-order valence-corrected chi connectivity index (χ1v) is 12.2. The summed E-state index contributed by atoms with van der Waals surface area (Å²) in [7, 11) is 0. The second kappa shape index (κ2) is 9.85. The van der Waals surface area contributed by atoms with Gasteiger partial charge in [0.2, 0.25) is 5.91 Å². The highest BCUT2D eigenvalue weighted by Gasteiger charge is 2.33. The van der Waals surface area contributed by atoms with Crippen molar-refractivity contribution in [2.45, 2.75) is 26.4 Å². The standard InChI is InChI=1S/C27H29N5O4/c1-19-8-10-21(11-9-19)32-25(33)13-12-24(28-32)29-14-5-15-30(17-16-29)26(34)18-31-22-6-3-4-7-23(22)36-20(2)27(31)35/h3-4,6-13,20H,5,14-18H2,1-2H3/t20-/m1/s1. The first-order valence-electron chi connectivity index (χ1n) is 12.2. The largest absolute Gasteiger partial charge is 0.479 e. The Kier molecular flexibility index (Phi) is 6.45. The Morgan fingerprint density at radius 1 is 0.972 bits per heavy atom. The zero-order valence-corrected chi connectivity index (χ0v) is 20.5. The fourth-order valence-electron chi connectivity index (χ4n) is 4.59. The lowest BCUT2D eigenvalue weighted by atomic mass is 10.2. The second-order valence-electron chi connectivity index (χ2n) is 9.15. The average molecular weight is 488 g/mol. The van der Waals surface area contributed by atoms with Crippen LogP contribution in [0, 0.1) is 6.92 Å². The van der Waals surface area contributed by atoms with Crippen LogP contribution in [-0.2, 0) is 9.59 Å². The van der Waals surface area contributed by atoms with E-state index in [9.17, 15) is 14.4 Å². The molecule has 1 atom stereocenters. The summed E-state index contributed by atoms with van der Waals surface area (Å²) < 4.78 is 7.09. The number of amides is 2. The number of carbonyl (C=O) groups is 2. The maximum absolute atomic E-state index is 13.2. The molecule has 2 aromatic carbocycles. The minimum Gasteiger partial charge on any atom is -0.479 e. The summed E-state index contributed by atoms with van der Waals surface area (Å²) in [4.78, 5) is 43.9. The van der Waals surface area contributed by atoms with Crippen LogP contribution in [0.2, 0.25) is 0 Å². The molecule has 0 unspecified atom stereocenters. The van der Waals surface area contributed by atoms with Gasteiger partial charge in [0.1, 0.15) is 18.1 Å². The molecule has 0 spiro atoms. The van der Waals surface area contributed by atoms with E-state index in [-0.39, 0.29) is 23.9 Å². The highest BCUT2D eigenvalue weighted by Crippen LogP contribution is 2.33. The lowest BCUT2D eigenvalue weighted by Crippen LogP contribution is -2.50. The Morgan fingerprint density at radius 2 is 1.75 bits per heavy atom. The van der Waals surface area contributed by atoms with Crippen molar-refractivity contribution in [3.8, 4) is 11.4 Å². The van der Waals surface area contributed by atoms with Crippen LogP contribution in [0.5, 0.6) is 5.75 Å². The molecule has 1 aromatic heterocycles. The van der Waals surface area contributed by atoms with E-state index in [1.807, 2.05) is 49.4 Å². The average Bonchev–Trinajstić information content (AvgIpc) is 3.14. The zero-order valence-electron chi connectivity index (χ0n) is 20.5. The number of ether oxygens (including phenoxy) is 1. The Labute approximate surface area is 209 Å². The van der Waals surface area contributed by atoms with Crippen LogP contribution in [0.4, 0.5) is 11.5 Å². The number of aromatic nitrogens is 2. The minimum atomic E-state index is -0.636. The molecule has 9 nitrogen and oxygen atoms in total. The smallest absolute Gasteiger partial charge is 0.271 e. The molecule has 0 aliphatic carbocycles. The van der Waals surface area contributed by atoms with E-state index < -0.39 is 6.10 Å². The molecule has 0 N–H and O–H groups in total. The van der Waals surface area contributed by atoms with Gasteiger partial charge in [0.05, 0.1) is 11.4 Å². The summed E-state index contributed by atoms with van der Waals surface area (Å²) in [6.07, 6.45) is 0.115. The lowest BCUT2D eigenvalue weighted by Gasteiger charge is -2.33. The van der Waals surface area contributed by atoms with Gasteiger partial charge < -0.3 is 14.5 Å². The summed E-state index contributed by atoms with van der Waals surface area (Å²) in [5.74, 6) is 0.970. The van der Waals surface area contributed by atoms with E-state index in [4.69, 9.17) is 4.74 Å². The topological polar surface area (TPSA) is 88.0 Å².